The molecule has 1 saturated heterocycles. The number of rotatable bonds is 5. The van der Waals surface area contributed by atoms with E-state index < -0.39 is 18.0 Å². The van der Waals surface area contributed by atoms with Gasteiger partial charge in [0.1, 0.15) is 5.75 Å². The van der Waals surface area contributed by atoms with Crippen molar-refractivity contribution in [2.75, 3.05) is 18.0 Å². The van der Waals surface area contributed by atoms with Crippen LogP contribution in [0.4, 0.5) is 19.0 Å². The zero-order chi connectivity index (χ0) is 22.7. The zero-order valence-corrected chi connectivity index (χ0v) is 17.6. The Balaban J connectivity index is 1.40. The van der Waals surface area contributed by atoms with Gasteiger partial charge in [0.15, 0.2) is 5.82 Å². The van der Waals surface area contributed by atoms with Crippen molar-refractivity contribution in [2.45, 2.75) is 25.2 Å². The Morgan fingerprint density at radius 3 is 2.72 bits per heavy atom. The Bertz CT molecular complexity index is 1090. The van der Waals surface area contributed by atoms with Crippen molar-refractivity contribution < 1.29 is 22.7 Å². The summed E-state index contributed by atoms with van der Waals surface area (Å²) in [5.74, 6) is -0.121. The van der Waals surface area contributed by atoms with Crippen molar-refractivity contribution >= 4 is 23.3 Å². The Morgan fingerprint density at radius 2 is 1.97 bits per heavy atom. The van der Waals surface area contributed by atoms with Crippen molar-refractivity contribution in [1.82, 2.24) is 15.5 Å². The molecular formula is C22H20ClF3N4O2. The molecule has 1 aliphatic rings. The monoisotopic (exact) mass is 464 g/mol. The summed E-state index contributed by atoms with van der Waals surface area (Å²) in [4.78, 5) is 14.7. The minimum atomic E-state index is -4.81. The van der Waals surface area contributed by atoms with Gasteiger partial charge in [0, 0.05) is 35.8 Å². The number of aromatic nitrogens is 2. The van der Waals surface area contributed by atoms with Crippen molar-refractivity contribution in [1.29, 1.82) is 0 Å². The molecule has 0 bridgehead atoms. The third kappa shape index (κ3) is 5.53. The second-order valence-electron chi connectivity index (χ2n) is 7.48. The summed E-state index contributed by atoms with van der Waals surface area (Å²) in [6.45, 7) is 1.32. The highest BCUT2D eigenvalue weighted by Crippen LogP contribution is 2.26. The molecule has 1 aromatic heterocycles. The van der Waals surface area contributed by atoms with E-state index in [2.05, 4.69) is 25.2 Å². The van der Waals surface area contributed by atoms with E-state index in [1.807, 2.05) is 18.2 Å². The molecule has 0 aliphatic carbocycles. The first-order chi connectivity index (χ1) is 15.3. The molecule has 6 nitrogen and oxygen atoms in total. The first-order valence-corrected chi connectivity index (χ1v) is 10.4. The second-order valence-corrected chi connectivity index (χ2v) is 7.92. The average molecular weight is 465 g/mol. The molecule has 3 aromatic rings. The molecule has 1 atom stereocenters. The fourth-order valence-electron chi connectivity index (χ4n) is 3.66. The van der Waals surface area contributed by atoms with Gasteiger partial charge in [-0.1, -0.05) is 29.8 Å². The number of nitrogens with one attached hydrogen (secondary N) is 2. The van der Waals surface area contributed by atoms with Crippen LogP contribution in [0.15, 0.2) is 54.6 Å². The van der Waals surface area contributed by atoms with Crippen LogP contribution in [-0.2, 0) is 0 Å². The van der Waals surface area contributed by atoms with E-state index in [1.165, 1.54) is 12.1 Å². The van der Waals surface area contributed by atoms with Crippen LogP contribution in [0.1, 0.15) is 23.2 Å². The van der Waals surface area contributed by atoms with Crippen LogP contribution >= 0.6 is 11.6 Å². The standard InChI is InChI=1S/C22H20ClF3N4O2/c23-16-8-6-14(7-9-16)19-12-20(29-28-19)30-10-2-4-17(13-30)27-21(31)15-3-1-5-18(11-15)32-22(24,25)26/h1,3,5-9,11-12,17H,2,4,10,13H2,(H,27,31)(H,28,29)/t17-/m0/s1. The summed E-state index contributed by atoms with van der Waals surface area (Å²) < 4.78 is 41.2. The van der Waals surface area contributed by atoms with Gasteiger partial charge in [-0.3, -0.25) is 9.89 Å². The maximum absolute atomic E-state index is 12.6. The molecule has 2 heterocycles. The predicted molar refractivity (Wildman–Crippen MR) is 115 cm³/mol. The third-order valence-electron chi connectivity index (χ3n) is 5.13. The van der Waals surface area contributed by atoms with Crippen molar-refractivity contribution in [3.05, 3.63) is 65.2 Å². The number of ether oxygens (including phenoxy) is 1. The van der Waals surface area contributed by atoms with E-state index >= 15 is 0 Å². The highest BCUT2D eigenvalue weighted by atomic mass is 35.5. The molecule has 0 saturated carbocycles. The highest BCUT2D eigenvalue weighted by Gasteiger charge is 2.31. The number of carbonyl (C=O) groups is 1. The first kappa shape index (κ1) is 22.0. The van der Waals surface area contributed by atoms with Gasteiger partial charge in [-0.15, -0.1) is 13.2 Å². The highest BCUT2D eigenvalue weighted by molar-refractivity contribution is 6.30. The molecule has 4 rings (SSSR count). The van der Waals surface area contributed by atoms with Gasteiger partial charge in [-0.05, 0) is 48.7 Å². The van der Waals surface area contributed by atoms with Crippen molar-refractivity contribution in [3.63, 3.8) is 0 Å². The van der Waals surface area contributed by atoms with E-state index in [0.29, 0.717) is 11.6 Å². The predicted octanol–water partition coefficient (Wildman–Crippen LogP) is 5.03. The van der Waals surface area contributed by atoms with E-state index in [4.69, 9.17) is 11.6 Å². The topological polar surface area (TPSA) is 70.2 Å². The van der Waals surface area contributed by atoms with Gasteiger partial charge in [-0.2, -0.15) is 5.10 Å². The number of aromatic amines is 1. The van der Waals surface area contributed by atoms with E-state index in [9.17, 15) is 18.0 Å². The summed E-state index contributed by atoms with van der Waals surface area (Å²) in [5.41, 5.74) is 1.91. The van der Waals surface area contributed by atoms with Gasteiger partial charge in [0.05, 0.1) is 5.69 Å². The molecule has 1 amide bonds. The molecule has 0 radical (unpaired) electrons. The Kier molecular flexibility index (Phi) is 6.27. The van der Waals surface area contributed by atoms with E-state index in [1.54, 1.807) is 12.1 Å². The minimum absolute atomic E-state index is 0.105. The zero-order valence-electron chi connectivity index (χ0n) is 16.8. The normalized spacial score (nSPS) is 16.6. The molecule has 10 heteroatoms. The molecule has 1 aliphatic heterocycles. The summed E-state index contributed by atoms with van der Waals surface area (Å²) in [5, 5.41) is 11.0. The average Bonchev–Trinajstić information content (AvgIpc) is 3.24. The fourth-order valence-corrected chi connectivity index (χ4v) is 3.78. The number of alkyl halides is 3. The molecule has 0 spiro atoms. The third-order valence-corrected chi connectivity index (χ3v) is 5.38. The van der Waals surface area contributed by atoms with Gasteiger partial charge in [-0.25, -0.2) is 0 Å². The molecular weight excluding hydrogens is 445 g/mol. The molecule has 2 N–H and O–H groups in total. The Labute approximate surface area is 187 Å². The lowest BCUT2D eigenvalue weighted by Crippen LogP contribution is -2.48. The fraction of sp³-hybridized carbons (Fsp3) is 0.273. The number of hydrogen-bond acceptors (Lipinski definition) is 4. The van der Waals surface area contributed by atoms with Crippen LogP contribution < -0.4 is 15.0 Å². The number of piperidine rings is 1. The molecule has 2 aromatic carbocycles. The second kappa shape index (κ2) is 9.12. The van der Waals surface area contributed by atoms with Gasteiger partial charge in [0.25, 0.3) is 5.91 Å². The molecule has 32 heavy (non-hydrogen) atoms. The number of benzene rings is 2. The smallest absolute Gasteiger partial charge is 0.406 e. The van der Waals surface area contributed by atoms with Crippen LogP contribution in [0.2, 0.25) is 5.02 Å². The Hall–Kier alpha value is -3.20. The van der Waals surface area contributed by atoms with Crippen LogP contribution in [0.5, 0.6) is 5.75 Å². The number of anilines is 1. The largest absolute Gasteiger partial charge is 0.573 e. The number of carbonyl (C=O) groups excluding carboxylic acids is 1. The lowest BCUT2D eigenvalue weighted by molar-refractivity contribution is -0.274. The first-order valence-electron chi connectivity index (χ1n) is 10.00. The Morgan fingerprint density at radius 1 is 1.19 bits per heavy atom. The van der Waals surface area contributed by atoms with Crippen molar-refractivity contribution in [3.8, 4) is 17.0 Å². The van der Waals surface area contributed by atoms with Gasteiger partial charge >= 0.3 is 6.36 Å². The molecule has 168 valence electrons. The minimum Gasteiger partial charge on any atom is -0.406 e. The number of nitrogens with zero attached hydrogens (tertiary/aromatic N) is 2. The van der Waals surface area contributed by atoms with Crippen LogP contribution in [-0.4, -0.2) is 41.6 Å². The van der Waals surface area contributed by atoms with Crippen LogP contribution in [0, 0.1) is 0 Å². The van der Waals surface area contributed by atoms with Gasteiger partial charge < -0.3 is 15.0 Å². The van der Waals surface area contributed by atoms with Crippen molar-refractivity contribution in [2.24, 2.45) is 0 Å². The molecule has 1 fully saturated rings. The number of halogens is 4. The summed E-state index contributed by atoms with van der Waals surface area (Å²) >= 11 is 5.94. The van der Waals surface area contributed by atoms with Crippen LogP contribution in [0.3, 0.4) is 0 Å². The maximum Gasteiger partial charge on any atom is 0.573 e. The molecule has 0 unspecified atom stereocenters. The van der Waals surface area contributed by atoms with E-state index in [0.717, 1.165) is 48.6 Å². The quantitative estimate of drug-likeness (QED) is 0.556. The summed E-state index contributed by atoms with van der Waals surface area (Å²) in [6.07, 6.45) is -3.21. The lowest BCUT2D eigenvalue weighted by Gasteiger charge is -2.33. The van der Waals surface area contributed by atoms with Gasteiger partial charge in [0.2, 0.25) is 0 Å². The number of hydrogen-bond donors (Lipinski definition) is 2. The number of amides is 1. The summed E-state index contributed by atoms with van der Waals surface area (Å²) in [7, 11) is 0. The van der Waals surface area contributed by atoms with Crippen LogP contribution in [0.25, 0.3) is 11.3 Å². The number of H-pyrrole nitrogens is 1. The lowest BCUT2D eigenvalue weighted by atomic mass is 10.0. The SMILES string of the molecule is O=C(N[C@H]1CCCN(c2cc(-c3ccc(Cl)cc3)[nH]n2)C1)c1cccc(OC(F)(F)F)c1. The maximum atomic E-state index is 12.6. The van der Waals surface area contributed by atoms with E-state index in [-0.39, 0.29) is 11.6 Å². The summed E-state index contributed by atoms with van der Waals surface area (Å²) in [6, 6.07) is 14.2.